The molecule has 0 unspecified atom stereocenters. The SMILES string of the molecule is CCCCCCCCCCCCCCCCn1c(SCCC)nc2c1c(=O)[nH]c(=O)n2C. The van der Waals surface area contributed by atoms with Crippen LogP contribution in [-0.4, -0.2) is 24.9 Å². The van der Waals surface area contributed by atoms with Gasteiger partial charge in [0.2, 0.25) is 0 Å². The highest BCUT2D eigenvalue weighted by Gasteiger charge is 2.17. The van der Waals surface area contributed by atoms with Crippen LogP contribution in [0.1, 0.15) is 110 Å². The van der Waals surface area contributed by atoms with Crippen molar-refractivity contribution in [2.45, 2.75) is 122 Å². The molecule has 6 nitrogen and oxygen atoms in total. The summed E-state index contributed by atoms with van der Waals surface area (Å²) in [6.07, 6.45) is 19.6. The third-order valence-electron chi connectivity index (χ3n) is 6.14. The van der Waals surface area contributed by atoms with E-state index in [-0.39, 0.29) is 5.56 Å². The quantitative estimate of drug-likeness (QED) is 0.204. The highest BCUT2D eigenvalue weighted by molar-refractivity contribution is 7.99. The molecule has 0 saturated carbocycles. The number of hydrogen-bond acceptors (Lipinski definition) is 4. The maximum atomic E-state index is 12.5. The van der Waals surface area contributed by atoms with Gasteiger partial charge in [0.05, 0.1) is 0 Å². The number of rotatable bonds is 18. The standard InChI is InChI=1S/C25H44N4O2S/c1-4-6-7-8-9-10-11-12-13-14-15-16-17-18-19-29-21-22(26-25(29)32-20-5-2)28(3)24(31)27-23(21)30/h4-20H2,1-3H3,(H,27,30,31). The zero-order valence-corrected chi connectivity index (χ0v) is 21.4. The average Bonchev–Trinajstić information content (AvgIpc) is 3.15. The van der Waals surface area contributed by atoms with Crippen LogP contribution >= 0.6 is 11.8 Å². The van der Waals surface area contributed by atoms with Gasteiger partial charge in [0.1, 0.15) is 0 Å². The van der Waals surface area contributed by atoms with Gasteiger partial charge in [0.15, 0.2) is 16.3 Å². The molecule has 2 aromatic heterocycles. The summed E-state index contributed by atoms with van der Waals surface area (Å²) in [5.41, 5.74) is 0.281. The molecule has 0 bridgehead atoms. The largest absolute Gasteiger partial charge is 0.329 e. The predicted octanol–water partition coefficient (Wildman–Crippen LogP) is 6.41. The van der Waals surface area contributed by atoms with Crippen molar-refractivity contribution in [1.29, 1.82) is 0 Å². The Morgan fingerprint density at radius 3 is 1.84 bits per heavy atom. The number of aryl methyl sites for hydroxylation is 2. The van der Waals surface area contributed by atoms with E-state index in [0.717, 1.165) is 30.3 Å². The number of H-pyrrole nitrogens is 1. The summed E-state index contributed by atoms with van der Waals surface area (Å²) in [6.45, 7) is 5.19. The van der Waals surface area contributed by atoms with E-state index < -0.39 is 5.69 Å². The maximum absolute atomic E-state index is 12.5. The number of nitrogens with one attached hydrogen (secondary N) is 1. The van der Waals surface area contributed by atoms with Crippen LogP contribution in [0, 0.1) is 0 Å². The summed E-state index contributed by atoms with van der Waals surface area (Å²) in [5.74, 6) is 0.952. The van der Waals surface area contributed by atoms with Gasteiger partial charge in [-0.1, -0.05) is 109 Å². The van der Waals surface area contributed by atoms with E-state index in [2.05, 4.69) is 23.8 Å². The predicted molar refractivity (Wildman–Crippen MR) is 137 cm³/mol. The topological polar surface area (TPSA) is 72.7 Å². The van der Waals surface area contributed by atoms with Crippen molar-refractivity contribution >= 4 is 22.9 Å². The maximum Gasteiger partial charge on any atom is 0.329 e. The molecule has 32 heavy (non-hydrogen) atoms. The molecule has 0 aliphatic heterocycles. The molecule has 7 heteroatoms. The molecule has 1 N–H and O–H groups in total. The molecule has 2 rings (SSSR count). The minimum Gasteiger partial charge on any atom is -0.313 e. The van der Waals surface area contributed by atoms with Crippen molar-refractivity contribution in [2.24, 2.45) is 7.05 Å². The number of unbranched alkanes of at least 4 members (excludes halogenated alkanes) is 13. The Morgan fingerprint density at radius 1 is 0.781 bits per heavy atom. The first kappa shape index (κ1) is 26.7. The molecular weight excluding hydrogens is 420 g/mol. The lowest BCUT2D eigenvalue weighted by Gasteiger charge is -2.08. The van der Waals surface area contributed by atoms with E-state index in [1.807, 2.05) is 4.57 Å². The monoisotopic (exact) mass is 464 g/mol. The van der Waals surface area contributed by atoms with Crippen molar-refractivity contribution < 1.29 is 0 Å². The molecule has 0 radical (unpaired) electrons. The third kappa shape index (κ3) is 8.45. The minimum atomic E-state index is -0.407. The Bertz CT molecular complexity index is 900. The van der Waals surface area contributed by atoms with Gasteiger partial charge >= 0.3 is 5.69 Å². The van der Waals surface area contributed by atoms with Crippen LogP contribution in [0.3, 0.4) is 0 Å². The minimum absolute atomic E-state index is 0.329. The van der Waals surface area contributed by atoms with Crippen molar-refractivity contribution in [3.63, 3.8) is 0 Å². The number of nitrogens with zero attached hydrogens (tertiary/aromatic N) is 3. The summed E-state index contributed by atoms with van der Waals surface area (Å²) in [6, 6.07) is 0. The normalized spacial score (nSPS) is 11.6. The molecule has 0 spiro atoms. The fourth-order valence-corrected chi connectivity index (χ4v) is 5.07. The van der Waals surface area contributed by atoms with Crippen LogP contribution in [0.2, 0.25) is 0 Å². The second-order valence-corrected chi connectivity index (χ2v) is 10.0. The molecule has 2 heterocycles. The molecule has 2 aromatic rings. The zero-order chi connectivity index (χ0) is 23.2. The van der Waals surface area contributed by atoms with Gasteiger partial charge in [-0.2, -0.15) is 0 Å². The van der Waals surface area contributed by atoms with E-state index in [4.69, 9.17) is 0 Å². The number of aromatic amines is 1. The molecule has 0 aromatic carbocycles. The molecule has 0 aliphatic rings. The number of aromatic nitrogens is 4. The lowest BCUT2D eigenvalue weighted by Crippen LogP contribution is -2.29. The highest BCUT2D eigenvalue weighted by atomic mass is 32.2. The Labute approximate surface area is 197 Å². The van der Waals surface area contributed by atoms with E-state index in [9.17, 15) is 9.59 Å². The summed E-state index contributed by atoms with van der Waals surface area (Å²) in [7, 11) is 1.67. The molecule has 0 atom stereocenters. The lowest BCUT2D eigenvalue weighted by atomic mass is 10.0. The molecule has 0 amide bonds. The molecule has 0 saturated heterocycles. The van der Waals surface area contributed by atoms with Gasteiger partial charge < -0.3 is 4.57 Å². The highest BCUT2D eigenvalue weighted by Crippen LogP contribution is 2.23. The first-order valence-electron chi connectivity index (χ1n) is 12.9. The molecular formula is C25H44N4O2S. The first-order chi connectivity index (χ1) is 15.6. The zero-order valence-electron chi connectivity index (χ0n) is 20.6. The first-order valence-corrected chi connectivity index (χ1v) is 13.9. The Morgan fingerprint density at radius 2 is 1.31 bits per heavy atom. The summed E-state index contributed by atoms with van der Waals surface area (Å²) < 4.78 is 3.46. The van der Waals surface area contributed by atoms with E-state index in [1.165, 1.54) is 88.0 Å². The Kier molecular flexibility index (Phi) is 12.8. The fraction of sp³-hybridized carbons (Fsp3) is 0.800. The van der Waals surface area contributed by atoms with Gasteiger partial charge in [0, 0.05) is 19.3 Å². The Balaban J connectivity index is 1.70. The smallest absolute Gasteiger partial charge is 0.313 e. The van der Waals surface area contributed by atoms with Gasteiger partial charge in [-0.3, -0.25) is 14.3 Å². The number of imidazole rings is 1. The van der Waals surface area contributed by atoms with Crippen LogP contribution < -0.4 is 11.2 Å². The van der Waals surface area contributed by atoms with Gasteiger partial charge in [-0.25, -0.2) is 9.78 Å². The second-order valence-electron chi connectivity index (χ2n) is 8.98. The van der Waals surface area contributed by atoms with Crippen LogP contribution in [0.15, 0.2) is 14.7 Å². The fourth-order valence-electron chi connectivity index (χ4n) is 4.19. The van der Waals surface area contributed by atoms with Crippen molar-refractivity contribution in [3.05, 3.63) is 20.8 Å². The number of thioether (sulfide) groups is 1. The molecule has 182 valence electrons. The molecule has 0 aliphatic carbocycles. The van der Waals surface area contributed by atoms with Crippen LogP contribution in [-0.2, 0) is 13.6 Å². The summed E-state index contributed by atoms with van der Waals surface area (Å²) >= 11 is 1.67. The summed E-state index contributed by atoms with van der Waals surface area (Å²) in [4.78, 5) is 31.5. The Hall–Kier alpha value is -1.50. The van der Waals surface area contributed by atoms with E-state index in [0.29, 0.717) is 11.2 Å². The van der Waals surface area contributed by atoms with Gasteiger partial charge in [-0.05, 0) is 12.8 Å². The van der Waals surface area contributed by atoms with Crippen LogP contribution in [0.5, 0.6) is 0 Å². The van der Waals surface area contributed by atoms with E-state index >= 15 is 0 Å². The van der Waals surface area contributed by atoms with E-state index in [1.54, 1.807) is 18.8 Å². The summed E-state index contributed by atoms with van der Waals surface area (Å²) in [5, 5.41) is 0.850. The lowest BCUT2D eigenvalue weighted by molar-refractivity contribution is 0.519. The third-order valence-corrected chi connectivity index (χ3v) is 7.32. The average molecular weight is 465 g/mol. The number of hydrogen-bond donors (Lipinski definition) is 1. The number of fused-ring (bicyclic) bond motifs is 1. The van der Waals surface area contributed by atoms with Crippen LogP contribution in [0.4, 0.5) is 0 Å². The second kappa shape index (κ2) is 15.4. The van der Waals surface area contributed by atoms with Crippen molar-refractivity contribution in [2.75, 3.05) is 5.75 Å². The van der Waals surface area contributed by atoms with Crippen molar-refractivity contribution in [3.8, 4) is 0 Å². The van der Waals surface area contributed by atoms with Gasteiger partial charge in [0.25, 0.3) is 5.56 Å². The van der Waals surface area contributed by atoms with Crippen LogP contribution in [0.25, 0.3) is 11.2 Å². The van der Waals surface area contributed by atoms with Gasteiger partial charge in [-0.15, -0.1) is 0 Å². The van der Waals surface area contributed by atoms with Crippen molar-refractivity contribution in [1.82, 2.24) is 19.1 Å². The molecule has 0 fully saturated rings.